The normalized spacial score (nSPS) is 15.3. The topological polar surface area (TPSA) is 34.0 Å². The van der Waals surface area contributed by atoms with E-state index in [-0.39, 0.29) is 6.03 Å². The first-order valence-corrected chi connectivity index (χ1v) is 4.74. The molecular formula is C11H10N2O. The number of rotatable bonds is 0. The number of hydrogen-bond acceptors (Lipinski definition) is 1. The van der Waals surface area contributed by atoms with Crippen LogP contribution >= 0.6 is 0 Å². The zero-order valence-corrected chi connectivity index (χ0v) is 7.66. The van der Waals surface area contributed by atoms with Gasteiger partial charge in [-0.05, 0) is 12.1 Å². The van der Waals surface area contributed by atoms with Gasteiger partial charge in [0.25, 0.3) is 0 Å². The van der Waals surface area contributed by atoms with Gasteiger partial charge < -0.3 is 5.32 Å². The largest absolute Gasteiger partial charge is 0.337 e. The number of nitrogens with zero attached hydrogens (tertiary/aromatic N) is 1. The van der Waals surface area contributed by atoms with Crippen LogP contribution in [0.2, 0.25) is 0 Å². The van der Waals surface area contributed by atoms with Gasteiger partial charge in [-0.15, -0.1) is 0 Å². The summed E-state index contributed by atoms with van der Waals surface area (Å²) in [5.41, 5.74) is 2.11. The molecule has 0 bridgehead atoms. The van der Waals surface area contributed by atoms with E-state index in [9.17, 15) is 4.79 Å². The Balaban J connectivity index is 2.39. The molecular weight excluding hydrogens is 176 g/mol. The summed E-state index contributed by atoms with van der Waals surface area (Å²) in [6.07, 6.45) is 0.917. The van der Waals surface area contributed by atoms with Gasteiger partial charge in [0.1, 0.15) is 0 Å². The Morgan fingerprint density at radius 1 is 1.29 bits per heavy atom. The van der Waals surface area contributed by atoms with Crippen LogP contribution in [0.4, 0.5) is 4.79 Å². The van der Waals surface area contributed by atoms with E-state index >= 15 is 0 Å². The number of carbonyl (C=O) groups is 1. The first-order chi connectivity index (χ1) is 6.86. The third-order valence-corrected chi connectivity index (χ3v) is 2.65. The SMILES string of the molecule is O=C1NCCc2cc3ccccc3n21. The highest BCUT2D eigenvalue weighted by Crippen LogP contribution is 2.21. The lowest BCUT2D eigenvalue weighted by Crippen LogP contribution is -2.36. The average molecular weight is 186 g/mol. The number of hydrogen-bond donors (Lipinski definition) is 1. The Bertz CT molecular complexity index is 513. The maximum atomic E-state index is 11.6. The van der Waals surface area contributed by atoms with Crippen LogP contribution in [0.5, 0.6) is 0 Å². The summed E-state index contributed by atoms with van der Waals surface area (Å²) in [6.45, 7) is 0.745. The first-order valence-electron chi connectivity index (χ1n) is 4.74. The minimum atomic E-state index is -0.00699. The van der Waals surface area contributed by atoms with Crippen molar-refractivity contribution in [2.45, 2.75) is 6.42 Å². The van der Waals surface area contributed by atoms with Crippen molar-refractivity contribution >= 4 is 16.9 Å². The highest BCUT2D eigenvalue weighted by molar-refractivity contribution is 5.93. The van der Waals surface area contributed by atoms with E-state index in [1.165, 1.54) is 0 Å². The predicted octanol–water partition coefficient (Wildman–Crippen LogP) is 1.76. The average Bonchev–Trinajstić information content (AvgIpc) is 2.57. The molecule has 1 aromatic carbocycles. The molecule has 0 spiro atoms. The molecule has 3 nitrogen and oxygen atoms in total. The van der Waals surface area contributed by atoms with Crippen molar-refractivity contribution in [3.63, 3.8) is 0 Å². The summed E-state index contributed by atoms with van der Waals surface area (Å²) in [7, 11) is 0. The first kappa shape index (κ1) is 7.62. The molecule has 70 valence electrons. The number of carbonyl (C=O) groups excluding carboxylic acids is 1. The van der Waals surface area contributed by atoms with Crippen LogP contribution in [0.3, 0.4) is 0 Å². The summed E-state index contributed by atoms with van der Waals surface area (Å²) in [4.78, 5) is 11.6. The molecule has 14 heavy (non-hydrogen) atoms. The van der Waals surface area contributed by atoms with Gasteiger partial charge >= 0.3 is 6.03 Å². The summed E-state index contributed by atoms with van der Waals surface area (Å²) in [5, 5.41) is 3.98. The second-order valence-corrected chi connectivity index (χ2v) is 3.51. The predicted molar refractivity (Wildman–Crippen MR) is 54.4 cm³/mol. The van der Waals surface area contributed by atoms with Gasteiger partial charge in [-0.25, -0.2) is 4.79 Å². The third kappa shape index (κ3) is 0.894. The van der Waals surface area contributed by atoms with E-state index in [1.807, 2.05) is 24.3 Å². The van der Waals surface area contributed by atoms with E-state index in [0.717, 1.165) is 29.6 Å². The van der Waals surface area contributed by atoms with Crippen LogP contribution in [0.15, 0.2) is 30.3 Å². The second-order valence-electron chi connectivity index (χ2n) is 3.51. The fraction of sp³-hybridized carbons (Fsp3) is 0.182. The number of amides is 1. The van der Waals surface area contributed by atoms with Crippen molar-refractivity contribution < 1.29 is 4.79 Å². The van der Waals surface area contributed by atoms with E-state index < -0.39 is 0 Å². The zero-order valence-electron chi connectivity index (χ0n) is 7.66. The van der Waals surface area contributed by atoms with E-state index in [1.54, 1.807) is 4.57 Å². The molecule has 1 amide bonds. The quantitative estimate of drug-likeness (QED) is 0.668. The van der Waals surface area contributed by atoms with Gasteiger partial charge in [-0.1, -0.05) is 18.2 Å². The fourth-order valence-electron chi connectivity index (χ4n) is 2.01. The van der Waals surface area contributed by atoms with Crippen molar-refractivity contribution in [2.75, 3.05) is 6.54 Å². The Hall–Kier alpha value is -1.77. The molecule has 0 aliphatic carbocycles. The number of benzene rings is 1. The molecule has 1 aliphatic rings. The zero-order chi connectivity index (χ0) is 9.54. The number of aromatic nitrogens is 1. The highest BCUT2D eigenvalue weighted by Gasteiger charge is 2.17. The summed E-state index contributed by atoms with van der Waals surface area (Å²) < 4.78 is 1.76. The molecule has 0 fully saturated rings. The molecule has 3 heteroatoms. The molecule has 1 aromatic heterocycles. The third-order valence-electron chi connectivity index (χ3n) is 2.65. The van der Waals surface area contributed by atoms with Crippen LogP contribution in [-0.4, -0.2) is 17.1 Å². The Labute approximate surface area is 81.3 Å². The van der Waals surface area contributed by atoms with Gasteiger partial charge in [-0.2, -0.15) is 0 Å². The molecule has 2 aromatic rings. The summed E-state index contributed by atoms with van der Waals surface area (Å²) >= 11 is 0. The number of nitrogens with one attached hydrogen (secondary N) is 1. The van der Waals surface area contributed by atoms with Crippen LogP contribution in [0.25, 0.3) is 10.9 Å². The Morgan fingerprint density at radius 2 is 2.14 bits per heavy atom. The van der Waals surface area contributed by atoms with Gasteiger partial charge in [0.05, 0.1) is 5.52 Å². The molecule has 0 unspecified atom stereocenters. The molecule has 0 atom stereocenters. The van der Waals surface area contributed by atoms with Gasteiger partial charge in [0, 0.05) is 24.0 Å². The highest BCUT2D eigenvalue weighted by atomic mass is 16.2. The van der Waals surface area contributed by atoms with Gasteiger partial charge in [-0.3, -0.25) is 4.57 Å². The molecule has 2 heterocycles. The van der Waals surface area contributed by atoms with Crippen molar-refractivity contribution in [1.82, 2.24) is 9.88 Å². The summed E-state index contributed by atoms with van der Waals surface area (Å²) in [6, 6.07) is 10.0. The van der Waals surface area contributed by atoms with Crippen molar-refractivity contribution in [2.24, 2.45) is 0 Å². The monoisotopic (exact) mass is 186 g/mol. The molecule has 0 saturated heterocycles. The lowest BCUT2D eigenvalue weighted by atomic mass is 10.2. The summed E-state index contributed by atoms with van der Waals surface area (Å²) in [5.74, 6) is 0. The number of para-hydroxylation sites is 1. The maximum absolute atomic E-state index is 11.6. The van der Waals surface area contributed by atoms with Crippen LogP contribution in [-0.2, 0) is 6.42 Å². The lowest BCUT2D eigenvalue weighted by Gasteiger charge is -2.15. The standard InChI is InChI=1S/C11H10N2O/c14-11-12-6-5-9-7-8-3-1-2-4-10(8)13(9)11/h1-4,7H,5-6H2,(H,12,14). The van der Waals surface area contributed by atoms with Gasteiger partial charge in [0.15, 0.2) is 0 Å². The van der Waals surface area contributed by atoms with Gasteiger partial charge in [0.2, 0.25) is 0 Å². The smallest absolute Gasteiger partial charge is 0.326 e. The van der Waals surface area contributed by atoms with Crippen molar-refractivity contribution in [3.05, 3.63) is 36.0 Å². The van der Waals surface area contributed by atoms with Crippen molar-refractivity contribution in [3.8, 4) is 0 Å². The molecule has 1 aliphatic heterocycles. The van der Waals surface area contributed by atoms with Crippen LogP contribution in [0, 0.1) is 0 Å². The second kappa shape index (κ2) is 2.61. The van der Waals surface area contributed by atoms with E-state index in [4.69, 9.17) is 0 Å². The maximum Gasteiger partial charge on any atom is 0.326 e. The van der Waals surface area contributed by atoms with Crippen LogP contribution in [0.1, 0.15) is 5.69 Å². The van der Waals surface area contributed by atoms with E-state index in [2.05, 4.69) is 11.4 Å². The molecule has 1 N–H and O–H groups in total. The number of fused-ring (bicyclic) bond motifs is 3. The Kier molecular flexibility index (Phi) is 1.42. The fourth-order valence-corrected chi connectivity index (χ4v) is 2.01. The molecule has 0 saturated carbocycles. The molecule has 3 rings (SSSR count). The van der Waals surface area contributed by atoms with Crippen LogP contribution < -0.4 is 5.32 Å². The Morgan fingerprint density at radius 3 is 3.07 bits per heavy atom. The molecule has 0 radical (unpaired) electrons. The van der Waals surface area contributed by atoms with E-state index in [0.29, 0.717) is 0 Å². The lowest BCUT2D eigenvalue weighted by molar-refractivity contribution is 0.240. The minimum Gasteiger partial charge on any atom is -0.337 e. The minimum absolute atomic E-state index is 0.00699. The van der Waals surface area contributed by atoms with Crippen molar-refractivity contribution in [1.29, 1.82) is 0 Å².